The van der Waals surface area contributed by atoms with Gasteiger partial charge in [-0.25, -0.2) is 0 Å². The molecule has 1 N–H and O–H groups in total. The van der Waals surface area contributed by atoms with Crippen LogP contribution >= 0.6 is 0 Å². The van der Waals surface area contributed by atoms with Crippen LogP contribution in [0.4, 0.5) is 5.69 Å². The first-order valence-electron chi connectivity index (χ1n) is 7.40. The predicted molar refractivity (Wildman–Crippen MR) is 78.6 cm³/mol. The number of benzene rings is 1. The molecule has 0 amide bonds. The van der Waals surface area contributed by atoms with Crippen molar-refractivity contribution in [2.45, 2.75) is 37.8 Å². The summed E-state index contributed by atoms with van der Waals surface area (Å²) in [4.78, 5) is 2.55. The van der Waals surface area contributed by atoms with Gasteiger partial charge in [0.15, 0.2) is 0 Å². The lowest BCUT2D eigenvalue weighted by Gasteiger charge is -2.43. The lowest BCUT2D eigenvalue weighted by atomic mass is 9.94. The Hall–Kier alpha value is -1.06. The second-order valence-electron chi connectivity index (χ2n) is 5.90. The number of ether oxygens (including phenoxy) is 1. The topological polar surface area (TPSA) is 24.5 Å². The van der Waals surface area contributed by atoms with Crippen molar-refractivity contribution in [3.05, 3.63) is 29.8 Å². The largest absolute Gasteiger partial charge is 0.380 e. The molecule has 0 atom stereocenters. The zero-order valence-electron chi connectivity index (χ0n) is 11.8. The van der Waals surface area contributed by atoms with Gasteiger partial charge in [-0.3, -0.25) is 0 Å². The summed E-state index contributed by atoms with van der Waals surface area (Å²) in [6, 6.07) is 8.66. The molecule has 1 spiro atoms. The molecule has 1 aliphatic heterocycles. The number of hydrogen-bond donors (Lipinski definition) is 1. The highest BCUT2D eigenvalue weighted by Crippen LogP contribution is 2.34. The monoisotopic (exact) mass is 260 g/mol. The van der Waals surface area contributed by atoms with Gasteiger partial charge in [0.25, 0.3) is 0 Å². The molecule has 0 radical (unpaired) electrons. The van der Waals surface area contributed by atoms with Crippen molar-refractivity contribution in [2.24, 2.45) is 0 Å². The average molecular weight is 260 g/mol. The first-order valence-corrected chi connectivity index (χ1v) is 7.40. The Morgan fingerprint density at radius 2 is 2.05 bits per heavy atom. The Balaban J connectivity index is 1.81. The van der Waals surface area contributed by atoms with Gasteiger partial charge in [0, 0.05) is 43.5 Å². The summed E-state index contributed by atoms with van der Waals surface area (Å²) in [6.45, 7) is 4.05. The van der Waals surface area contributed by atoms with Crippen LogP contribution < -0.4 is 10.2 Å². The molecular formula is C16H24N2O. The van der Waals surface area contributed by atoms with Crippen LogP contribution in [0.3, 0.4) is 0 Å². The van der Waals surface area contributed by atoms with E-state index in [1.807, 2.05) is 0 Å². The number of hydrogen-bond acceptors (Lipinski definition) is 3. The normalized spacial score (nSPS) is 22.1. The van der Waals surface area contributed by atoms with Crippen molar-refractivity contribution in [3.8, 4) is 0 Å². The van der Waals surface area contributed by atoms with E-state index in [1.165, 1.54) is 36.9 Å². The molecule has 3 rings (SSSR count). The van der Waals surface area contributed by atoms with Crippen LogP contribution in [0.1, 0.15) is 31.2 Å². The summed E-state index contributed by atoms with van der Waals surface area (Å²) in [5.41, 5.74) is 3.04. The summed E-state index contributed by atoms with van der Waals surface area (Å²) >= 11 is 0. The summed E-state index contributed by atoms with van der Waals surface area (Å²) in [5.74, 6) is 0. The van der Waals surface area contributed by atoms with Crippen LogP contribution in [-0.2, 0) is 11.3 Å². The SMILES string of the molecule is COCc1ccccc1N1CCNC2(CCCC2)C1. The van der Waals surface area contributed by atoms with Gasteiger partial charge in [0.1, 0.15) is 0 Å². The molecule has 2 fully saturated rings. The average Bonchev–Trinajstić information content (AvgIpc) is 2.88. The summed E-state index contributed by atoms with van der Waals surface area (Å²) < 4.78 is 5.33. The maximum absolute atomic E-state index is 5.33. The van der Waals surface area contributed by atoms with Gasteiger partial charge in [-0.2, -0.15) is 0 Å². The Morgan fingerprint density at radius 1 is 1.26 bits per heavy atom. The number of nitrogens with zero attached hydrogens (tertiary/aromatic N) is 1. The summed E-state index contributed by atoms with van der Waals surface area (Å²) in [6.07, 6.45) is 5.41. The zero-order chi connectivity index (χ0) is 13.1. The molecule has 0 bridgehead atoms. The van der Waals surface area contributed by atoms with Gasteiger partial charge in [-0.15, -0.1) is 0 Å². The highest BCUT2D eigenvalue weighted by Gasteiger charge is 2.37. The molecular weight excluding hydrogens is 236 g/mol. The van der Waals surface area contributed by atoms with E-state index < -0.39 is 0 Å². The van der Waals surface area contributed by atoms with E-state index in [4.69, 9.17) is 4.74 Å². The van der Waals surface area contributed by atoms with E-state index in [0.717, 1.165) is 19.6 Å². The highest BCUT2D eigenvalue weighted by molar-refractivity contribution is 5.54. The fourth-order valence-corrected chi connectivity index (χ4v) is 3.65. The number of para-hydroxylation sites is 1. The molecule has 0 aromatic heterocycles. The number of methoxy groups -OCH3 is 1. The number of rotatable bonds is 3. The standard InChI is InChI=1S/C16H24N2O/c1-19-12-14-6-2-3-7-15(14)18-11-10-17-16(13-18)8-4-5-9-16/h2-3,6-7,17H,4-5,8-13H2,1H3. The van der Waals surface area contributed by atoms with Gasteiger partial charge in [0.05, 0.1) is 6.61 Å². The van der Waals surface area contributed by atoms with Crippen molar-refractivity contribution < 1.29 is 4.74 Å². The van der Waals surface area contributed by atoms with Gasteiger partial charge >= 0.3 is 0 Å². The second kappa shape index (κ2) is 5.51. The fourth-order valence-electron chi connectivity index (χ4n) is 3.65. The minimum atomic E-state index is 0.373. The second-order valence-corrected chi connectivity index (χ2v) is 5.90. The van der Waals surface area contributed by atoms with E-state index in [-0.39, 0.29) is 0 Å². The Labute approximate surface area is 115 Å². The summed E-state index contributed by atoms with van der Waals surface area (Å²) in [5, 5.41) is 3.77. The molecule has 1 saturated carbocycles. The molecule has 1 aromatic rings. The number of piperazine rings is 1. The van der Waals surface area contributed by atoms with Crippen LogP contribution in [0.25, 0.3) is 0 Å². The molecule has 3 heteroatoms. The van der Waals surface area contributed by atoms with Crippen molar-refractivity contribution in [2.75, 3.05) is 31.6 Å². The van der Waals surface area contributed by atoms with Crippen LogP contribution in [0.2, 0.25) is 0 Å². The van der Waals surface area contributed by atoms with Gasteiger partial charge in [-0.05, 0) is 18.9 Å². The molecule has 19 heavy (non-hydrogen) atoms. The first-order chi connectivity index (χ1) is 9.33. The summed E-state index contributed by atoms with van der Waals surface area (Å²) in [7, 11) is 1.77. The van der Waals surface area contributed by atoms with Gasteiger partial charge in [-0.1, -0.05) is 31.0 Å². The quantitative estimate of drug-likeness (QED) is 0.904. The lowest BCUT2D eigenvalue weighted by molar-refractivity contribution is 0.185. The Bertz CT molecular complexity index is 427. The first kappa shape index (κ1) is 12.9. The van der Waals surface area contributed by atoms with Gasteiger partial charge in [0.2, 0.25) is 0 Å². The third-order valence-corrected chi connectivity index (χ3v) is 4.57. The minimum Gasteiger partial charge on any atom is -0.380 e. The Kier molecular flexibility index (Phi) is 3.76. The third kappa shape index (κ3) is 2.63. The van der Waals surface area contributed by atoms with E-state index in [9.17, 15) is 0 Å². The maximum atomic E-state index is 5.33. The molecule has 1 aliphatic carbocycles. The molecule has 1 saturated heterocycles. The van der Waals surface area contributed by atoms with E-state index >= 15 is 0 Å². The molecule has 2 aliphatic rings. The smallest absolute Gasteiger partial charge is 0.0733 e. The fraction of sp³-hybridized carbons (Fsp3) is 0.625. The molecule has 1 aromatic carbocycles. The molecule has 1 heterocycles. The van der Waals surface area contributed by atoms with Crippen LogP contribution in [0.15, 0.2) is 24.3 Å². The van der Waals surface area contributed by atoms with E-state index in [0.29, 0.717) is 12.1 Å². The highest BCUT2D eigenvalue weighted by atomic mass is 16.5. The Morgan fingerprint density at radius 3 is 2.84 bits per heavy atom. The molecule has 3 nitrogen and oxygen atoms in total. The zero-order valence-corrected chi connectivity index (χ0v) is 11.8. The van der Waals surface area contributed by atoms with Crippen molar-refractivity contribution in [1.29, 1.82) is 0 Å². The molecule has 0 unspecified atom stereocenters. The van der Waals surface area contributed by atoms with Crippen molar-refractivity contribution in [1.82, 2.24) is 5.32 Å². The number of nitrogens with one attached hydrogen (secondary N) is 1. The van der Waals surface area contributed by atoms with E-state index in [1.54, 1.807) is 7.11 Å². The van der Waals surface area contributed by atoms with Gasteiger partial charge < -0.3 is 15.0 Å². The third-order valence-electron chi connectivity index (χ3n) is 4.57. The molecule has 104 valence electrons. The maximum Gasteiger partial charge on any atom is 0.0733 e. The van der Waals surface area contributed by atoms with Crippen LogP contribution in [0, 0.1) is 0 Å². The van der Waals surface area contributed by atoms with E-state index in [2.05, 4.69) is 34.5 Å². The minimum absolute atomic E-state index is 0.373. The lowest BCUT2D eigenvalue weighted by Crippen LogP contribution is -2.59. The number of anilines is 1. The van der Waals surface area contributed by atoms with Crippen LogP contribution in [-0.4, -0.2) is 32.3 Å². The van der Waals surface area contributed by atoms with Crippen LogP contribution in [0.5, 0.6) is 0 Å². The van der Waals surface area contributed by atoms with Crippen molar-refractivity contribution >= 4 is 5.69 Å². The predicted octanol–water partition coefficient (Wildman–Crippen LogP) is 2.56. The van der Waals surface area contributed by atoms with Crippen molar-refractivity contribution in [3.63, 3.8) is 0 Å².